The number of methoxy groups -OCH3 is 2. The van der Waals surface area contributed by atoms with Crippen LogP contribution >= 0.6 is 0 Å². The van der Waals surface area contributed by atoms with Gasteiger partial charge < -0.3 is 15.2 Å². The van der Waals surface area contributed by atoms with Crippen molar-refractivity contribution < 1.29 is 22.6 Å². The minimum absolute atomic E-state index is 0.0780. The van der Waals surface area contributed by atoms with Crippen molar-refractivity contribution in [2.24, 2.45) is 5.73 Å². The molecule has 0 saturated heterocycles. The van der Waals surface area contributed by atoms with Gasteiger partial charge in [0, 0.05) is 0 Å². The monoisotopic (exact) mass is 297 g/mol. The van der Waals surface area contributed by atoms with E-state index in [0.717, 1.165) is 12.1 Å². The van der Waals surface area contributed by atoms with Crippen LogP contribution in [0.4, 0.5) is 13.2 Å². The van der Waals surface area contributed by atoms with Gasteiger partial charge in [0.15, 0.2) is 17.5 Å². The zero-order valence-corrected chi connectivity index (χ0v) is 11.5. The molecule has 0 aliphatic heterocycles. The fraction of sp³-hybridized carbons (Fsp3) is 0.200. The van der Waals surface area contributed by atoms with Crippen molar-refractivity contribution in [1.29, 1.82) is 0 Å². The van der Waals surface area contributed by atoms with Crippen LogP contribution in [0, 0.1) is 17.5 Å². The molecular weight excluding hydrogens is 283 g/mol. The Labute approximate surface area is 120 Å². The lowest BCUT2D eigenvalue weighted by atomic mass is 9.97. The number of benzene rings is 2. The van der Waals surface area contributed by atoms with Gasteiger partial charge in [0.2, 0.25) is 0 Å². The van der Waals surface area contributed by atoms with Crippen molar-refractivity contribution in [2.45, 2.75) is 6.04 Å². The largest absolute Gasteiger partial charge is 0.496 e. The summed E-state index contributed by atoms with van der Waals surface area (Å²) >= 11 is 0. The van der Waals surface area contributed by atoms with Gasteiger partial charge in [-0.1, -0.05) is 6.07 Å². The van der Waals surface area contributed by atoms with Crippen molar-refractivity contribution in [3.8, 4) is 11.5 Å². The van der Waals surface area contributed by atoms with Gasteiger partial charge in [-0.25, -0.2) is 13.2 Å². The Hall–Kier alpha value is -2.21. The van der Waals surface area contributed by atoms with Crippen molar-refractivity contribution in [3.63, 3.8) is 0 Å². The van der Waals surface area contributed by atoms with Gasteiger partial charge in [-0.15, -0.1) is 0 Å². The molecule has 2 aromatic carbocycles. The Morgan fingerprint density at radius 3 is 1.86 bits per heavy atom. The summed E-state index contributed by atoms with van der Waals surface area (Å²) in [7, 11) is 2.88. The van der Waals surface area contributed by atoms with Crippen LogP contribution in [0.5, 0.6) is 11.5 Å². The Kier molecular flexibility index (Phi) is 4.37. The smallest absolute Gasteiger partial charge is 0.194 e. The van der Waals surface area contributed by atoms with E-state index in [0.29, 0.717) is 17.1 Å². The molecule has 2 N–H and O–H groups in total. The first-order valence-corrected chi connectivity index (χ1v) is 6.10. The highest BCUT2D eigenvalue weighted by atomic mass is 19.2. The standard InChI is InChI=1S/C15H14F3NO2/c1-20-11-4-3-5-12(21-2)13(11)15(19)8-6-9(16)14(18)10(17)7-8/h3-7,15H,19H2,1-2H3. The molecule has 112 valence electrons. The summed E-state index contributed by atoms with van der Waals surface area (Å²) in [6, 6.07) is 5.77. The number of hydrogen-bond acceptors (Lipinski definition) is 3. The van der Waals surface area contributed by atoms with E-state index in [9.17, 15) is 13.2 Å². The average Bonchev–Trinajstić information content (AvgIpc) is 2.50. The van der Waals surface area contributed by atoms with Crippen LogP contribution in [-0.4, -0.2) is 14.2 Å². The number of rotatable bonds is 4. The van der Waals surface area contributed by atoms with Crippen LogP contribution in [0.2, 0.25) is 0 Å². The predicted octanol–water partition coefficient (Wildman–Crippen LogP) is 3.17. The first-order valence-electron chi connectivity index (χ1n) is 6.10. The quantitative estimate of drug-likeness (QED) is 0.882. The van der Waals surface area contributed by atoms with Gasteiger partial charge in [-0.05, 0) is 29.8 Å². The zero-order valence-electron chi connectivity index (χ0n) is 11.5. The highest BCUT2D eigenvalue weighted by Crippen LogP contribution is 2.36. The number of ether oxygens (including phenoxy) is 2. The molecule has 21 heavy (non-hydrogen) atoms. The van der Waals surface area contributed by atoms with Crippen LogP contribution in [-0.2, 0) is 0 Å². The number of nitrogens with two attached hydrogens (primary N) is 1. The minimum atomic E-state index is -1.53. The van der Waals surface area contributed by atoms with Crippen molar-refractivity contribution in [2.75, 3.05) is 14.2 Å². The van der Waals surface area contributed by atoms with E-state index >= 15 is 0 Å². The second-order valence-electron chi connectivity index (χ2n) is 4.35. The van der Waals surface area contributed by atoms with Gasteiger partial charge in [-0.2, -0.15) is 0 Å². The molecule has 1 unspecified atom stereocenters. The molecule has 0 amide bonds. The summed E-state index contributed by atoms with van der Waals surface area (Å²) in [6.07, 6.45) is 0. The average molecular weight is 297 g/mol. The van der Waals surface area contributed by atoms with Gasteiger partial charge in [0.05, 0.1) is 25.8 Å². The van der Waals surface area contributed by atoms with E-state index in [4.69, 9.17) is 15.2 Å². The molecule has 0 radical (unpaired) electrons. The normalized spacial score (nSPS) is 12.1. The second kappa shape index (κ2) is 6.05. The Bertz CT molecular complexity index is 616. The lowest BCUT2D eigenvalue weighted by molar-refractivity contribution is 0.382. The first kappa shape index (κ1) is 15.2. The zero-order chi connectivity index (χ0) is 15.6. The third kappa shape index (κ3) is 2.80. The summed E-state index contributed by atoms with van der Waals surface area (Å²) < 4.78 is 50.1. The predicted molar refractivity (Wildman–Crippen MR) is 71.9 cm³/mol. The third-order valence-electron chi connectivity index (χ3n) is 3.14. The Balaban J connectivity index is 2.57. The molecule has 0 saturated carbocycles. The fourth-order valence-electron chi connectivity index (χ4n) is 2.11. The van der Waals surface area contributed by atoms with E-state index in [-0.39, 0.29) is 5.56 Å². The summed E-state index contributed by atoms with van der Waals surface area (Å²) in [5, 5.41) is 0. The highest BCUT2D eigenvalue weighted by Gasteiger charge is 2.22. The molecule has 0 fully saturated rings. The van der Waals surface area contributed by atoms with Gasteiger partial charge in [0.1, 0.15) is 11.5 Å². The molecular formula is C15H14F3NO2. The van der Waals surface area contributed by atoms with Crippen LogP contribution in [0.15, 0.2) is 30.3 Å². The first-order chi connectivity index (χ1) is 9.99. The SMILES string of the molecule is COc1cccc(OC)c1C(N)c1cc(F)c(F)c(F)c1. The molecule has 6 heteroatoms. The van der Waals surface area contributed by atoms with Crippen LogP contribution in [0.1, 0.15) is 17.2 Å². The second-order valence-corrected chi connectivity index (χ2v) is 4.35. The lowest BCUT2D eigenvalue weighted by Crippen LogP contribution is -2.15. The molecule has 3 nitrogen and oxygen atoms in total. The maximum atomic E-state index is 13.3. The van der Waals surface area contributed by atoms with Crippen LogP contribution < -0.4 is 15.2 Å². The molecule has 0 spiro atoms. The molecule has 0 aliphatic rings. The maximum Gasteiger partial charge on any atom is 0.194 e. The van der Waals surface area contributed by atoms with Crippen LogP contribution in [0.3, 0.4) is 0 Å². The van der Waals surface area contributed by atoms with Gasteiger partial charge in [0.25, 0.3) is 0 Å². The minimum Gasteiger partial charge on any atom is -0.496 e. The van der Waals surface area contributed by atoms with Crippen molar-refractivity contribution >= 4 is 0 Å². The molecule has 0 heterocycles. The Morgan fingerprint density at radius 2 is 1.43 bits per heavy atom. The van der Waals surface area contributed by atoms with E-state index in [1.54, 1.807) is 18.2 Å². The molecule has 2 rings (SSSR count). The van der Waals surface area contributed by atoms with E-state index in [2.05, 4.69) is 0 Å². The summed E-state index contributed by atoms with van der Waals surface area (Å²) in [4.78, 5) is 0. The van der Waals surface area contributed by atoms with E-state index in [1.165, 1.54) is 14.2 Å². The summed E-state index contributed by atoms with van der Waals surface area (Å²) in [5.41, 5.74) is 6.54. The molecule has 0 bridgehead atoms. The number of hydrogen-bond donors (Lipinski definition) is 1. The topological polar surface area (TPSA) is 44.5 Å². The molecule has 1 atom stereocenters. The number of halogens is 3. The molecule has 2 aromatic rings. The lowest BCUT2D eigenvalue weighted by Gasteiger charge is -2.19. The summed E-state index contributed by atoms with van der Waals surface area (Å²) in [5.74, 6) is -3.31. The van der Waals surface area contributed by atoms with E-state index in [1.807, 2.05) is 0 Å². The third-order valence-corrected chi connectivity index (χ3v) is 3.14. The van der Waals surface area contributed by atoms with Crippen LogP contribution in [0.25, 0.3) is 0 Å². The van der Waals surface area contributed by atoms with Gasteiger partial charge >= 0.3 is 0 Å². The van der Waals surface area contributed by atoms with Gasteiger partial charge in [-0.3, -0.25) is 0 Å². The molecule has 0 aliphatic carbocycles. The molecule has 0 aromatic heterocycles. The fourth-order valence-corrected chi connectivity index (χ4v) is 2.11. The van der Waals surface area contributed by atoms with Crippen molar-refractivity contribution in [3.05, 3.63) is 58.9 Å². The highest BCUT2D eigenvalue weighted by molar-refractivity contribution is 5.50. The summed E-state index contributed by atoms with van der Waals surface area (Å²) in [6.45, 7) is 0. The Morgan fingerprint density at radius 1 is 0.952 bits per heavy atom. The van der Waals surface area contributed by atoms with Crippen molar-refractivity contribution in [1.82, 2.24) is 0 Å². The van der Waals surface area contributed by atoms with E-state index < -0.39 is 23.5 Å². The maximum absolute atomic E-state index is 13.3.